The van der Waals surface area contributed by atoms with Crippen molar-refractivity contribution in [3.05, 3.63) is 39.7 Å². The Balaban J connectivity index is 1.82. The average Bonchev–Trinajstić information content (AvgIpc) is 2.93. The van der Waals surface area contributed by atoms with Crippen LogP contribution < -0.4 is 10.1 Å². The van der Waals surface area contributed by atoms with Gasteiger partial charge < -0.3 is 10.1 Å². The number of hydrogen-bond acceptors (Lipinski definition) is 4. The highest BCUT2D eigenvalue weighted by molar-refractivity contribution is 6.31. The Morgan fingerprint density at radius 2 is 2.22 bits per heavy atom. The van der Waals surface area contributed by atoms with Crippen molar-refractivity contribution in [2.24, 2.45) is 0 Å². The molecule has 1 aromatic carbocycles. The smallest absolute Gasteiger partial charge is 0.122 e. The standard InChI is InChI=1S/C17H23ClN4O/c1-4-22-20-11(2)15(21-22)10-19-14-7-5-6-12-16(23-3)9-8-13(18)17(12)14/h8-9,14,19H,4-7,10H2,1-3H3. The van der Waals surface area contributed by atoms with Gasteiger partial charge >= 0.3 is 0 Å². The monoisotopic (exact) mass is 334 g/mol. The molecule has 0 saturated heterocycles. The van der Waals surface area contributed by atoms with Crippen LogP contribution in [-0.4, -0.2) is 22.1 Å². The van der Waals surface area contributed by atoms with E-state index in [9.17, 15) is 0 Å². The van der Waals surface area contributed by atoms with E-state index in [-0.39, 0.29) is 6.04 Å². The van der Waals surface area contributed by atoms with Gasteiger partial charge in [-0.3, -0.25) is 0 Å². The summed E-state index contributed by atoms with van der Waals surface area (Å²) in [6, 6.07) is 4.12. The van der Waals surface area contributed by atoms with Crippen LogP contribution in [0.4, 0.5) is 0 Å². The number of hydrogen-bond donors (Lipinski definition) is 1. The molecule has 0 amide bonds. The number of methoxy groups -OCH3 is 1. The van der Waals surface area contributed by atoms with Gasteiger partial charge in [0.15, 0.2) is 0 Å². The largest absolute Gasteiger partial charge is 0.496 e. The molecule has 0 fully saturated rings. The molecule has 5 nitrogen and oxygen atoms in total. The van der Waals surface area contributed by atoms with E-state index in [1.54, 1.807) is 11.9 Å². The summed E-state index contributed by atoms with van der Waals surface area (Å²) >= 11 is 6.48. The fourth-order valence-electron chi connectivity index (χ4n) is 3.26. The third kappa shape index (κ3) is 3.21. The average molecular weight is 335 g/mol. The minimum Gasteiger partial charge on any atom is -0.496 e. The van der Waals surface area contributed by atoms with Crippen molar-refractivity contribution in [1.82, 2.24) is 20.3 Å². The highest BCUT2D eigenvalue weighted by atomic mass is 35.5. The van der Waals surface area contributed by atoms with Gasteiger partial charge in [0.2, 0.25) is 0 Å². The molecule has 1 aromatic heterocycles. The van der Waals surface area contributed by atoms with E-state index in [0.29, 0.717) is 6.54 Å². The predicted molar refractivity (Wildman–Crippen MR) is 91.0 cm³/mol. The van der Waals surface area contributed by atoms with Crippen LogP contribution in [0.15, 0.2) is 12.1 Å². The second kappa shape index (κ2) is 6.89. The predicted octanol–water partition coefficient (Wildman–Crippen LogP) is 3.44. The Morgan fingerprint density at radius 1 is 1.39 bits per heavy atom. The molecule has 2 aromatic rings. The van der Waals surface area contributed by atoms with Crippen molar-refractivity contribution >= 4 is 11.6 Å². The van der Waals surface area contributed by atoms with Gasteiger partial charge in [-0.15, -0.1) is 0 Å². The Labute approximate surface area is 142 Å². The van der Waals surface area contributed by atoms with E-state index >= 15 is 0 Å². The fraction of sp³-hybridized carbons (Fsp3) is 0.529. The quantitative estimate of drug-likeness (QED) is 0.910. The Morgan fingerprint density at radius 3 is 2.91 bits per heavy atom. The summed E-state index contributed by atoms with van der Waals surface area (Å²) < 4.78 is 5.50. The number of benzene rings is 1. The van der Waals surface area contributed by atoms with Gasteiger partial charge in [-0.2, -0.15) is 15.0 Å². The van der Waals surface area contributed by atoms with Crippen molar-refractivity contribution in [2.45, 2.75) is 52.2 Å². The zero-order valence-corrected chi connectivity index (χ0v) is 14.7. The normalized spacial score (nSPS) is 17.1. The molecular weight excluding hydrogens is 312 g/mol. The first kappa shape index (κ1) is 16.3. The Bertz CT molecular complexity index is 698. The molecule has 1 atom stereocenters. The molecule has 0 radical (unpaired) electrons. The summed E-state index contributed by atoms with van der Waals surface area (Å²) in [5, 5.41) is 13.3. The molecule has 1 aliphatic rings. The summed E-state index contributed by atoms with van der Waals surface area (Å²) in [4.78, 5) is 1.73. The first-order valence-corrected chi connectivity index (χ1v) is 8.51. The fourth-order valence-corrected chi connectivity index (χ4v) is 3.57. The van der Waals surface area contributed by atoms with Crippen molar-refractivity contribution in [3.63, 3.8) is 0 Å². The molecule has 0 spiro atoms. The van der Waals surface area contributed by atoms with Crippen LogP contribution in [0.2, 0.25) is 5.02 Å². The van der Waals surface area contributed by atoms with E-state index in [0.717, 1.165) is 48.0 Å². The number of ether oxygens (including phenoxy) is 1. The van der Waals surface area contributed by atoms with Gasteiger partial charge in [0.1, 0.15) is 5.75 Å². The van der Waals surface area contributed by atoms with Crippen LogP contribution in [0.1, 0.15) is 48.3 Å². The molecule has 1 aliphatic carbocycles. The SMILES string of the molecule is CCn1nc(C)c(CNC2CCCc3c(OC)ccc(Cl)c32)n1. The minimum absolute atomic E-state index is 0.229. The van der Waals surface area contributed by atoms with Gasteiger partial charge in [0, 0.05) is 23.2 Å². The van der Waals surface area contributed by atoms with Crippen molar-refractivity contribution in [3.8, 4) is 5.75 Å². The lowest BCUT2D eigenvalue weighted by molar-refractivity contribution is 0.395. The lowest BCUT2D eigenvalue weighted by atomic mass is 9.87. The maximum absolute atomic E-state index is 6.48. The minimum atomic E-state index is 0.229. The first-order valence-electron chi connectivity index (χ1n) is 8.13. The second-order valence-corrected chi connectivity index (χ2v) is 6.30. The third-order valence-electron chi connectivity index (χ3n) is 4.47. The molecule has 23 heavy (non-hydrogen) atoms. The molecule has 1 unspecified atom stereocenters. The maximum atomic E-state index is 6.48. The van der Waals surface area contributed by atoms with Crippen molar-refractivity contribution in [1.29, 1.82) is 0 Å². The Kier molecular flexibility index (Phi) is 4.87. The van der Waals surface area contributed by atoms with E-state index in [1.165, 1.54) is 11.1 Å². The van der Waals surface area contributed by atoms with Crippen molar-refractivity contribution < 1.29 is 4.74 Å². The highest BCUT2D eigenvalue weighted by Crippen LogP contribution is 2.39. The summed E-state index contributed by atoms with van der Waals surface area (Å²) in [6.45, 7) is 5.53. The van der Waals surface area contributed by atoms with Gasteiger partial charge in [-0.25, -0.2) is 0 Å². The number of nitrogens with one attached hydrogen (secondary N) is 1. The lowest BCUT2D eigenvalue weighted by Crippen LogP contribution is -2.26. The van der Waals surface area contributed by atoms with Gasteiger partial charge in [0.25, 0.3) is 0 Å². The van der Waals surface area contributed by atoms with Crippen LogP contribution in [0.25, 0.3) is 0 Å². The van der Waals surface area contributed by atoms with E-state index in [2.05, 4.69) is 15.5 Å². The molecule has 0 saturated carbocycles. The van der Waals surface area contributed by atoms with Crippen LogP contribution in [-0.2, 0) is 19.5 Å². The zero-order chi connectivity index (χ0) is 16.4. The molecule has 1 heterocycles. The van der Waals surface area contributed by atoms with Crippen LogP contribution >= 0.6 is 11.6 Å². The molecule has 6 heteroatoms. The molecular formula is C17H23ClN4O. The van der Waals surface area contributed by atoms with E-state index in [4.69, 9.17) is 16.3 Å². The van der Waals surface area contributed by atoms with Crippen LogP contribution in [0.3, 0.4) is 0 Å². The second-order valence-electron chi connectivity index (χ2n) is 5.89. The first-order chi connectivity index (χ1) is 11.1. The number of halogens is 1. The number of nitrogens with zero attached hydrogens (tertiary/aromatic N) is 3. The summed E-state index contributed by atoms with van der Waals surface area (Å²) in [5.41, 5.74) is 4.39. The van der Waals surface area contributed by atoms with Gasteiger partial charge in [0.05, 0.1) is 25.0 Å². The van der Waals surface area contributed by atoms with Gasteiger partial charge in [-0.05, 0) is 50.8 Å². The summed E-state index contributed by atoms with van der Waals surface area (Å²) in [7, 11) is 1.72. The Hall–Kier alpha value is -1.59. The number of rotatable bonds is 5. The molecule has 0 aliphatic heterocycles. The molecule has 124 valence electrons. The maximum Gasteiger partial charge on any atom is 0.122 e. The number of aryl methyl sites for hydroxylation is 2. The lowest BCUT2D eigenvalue weighted by Gasteiger charge is -2.28. The van der Waals surface area contributed by atoms with E-state index < -0.39 is 0 Å². The highest BCUT2D eigenvalue weighted by Gasteiger charge is 2.25. The zero-order valence-electron chi connectivity index (χ0n) is 13.9. The summed E-state index contributed by atoms with van der Waals surface area (Å²) in [6.07, 6.45) is 3.21. The van der Waals surface area contributed by atoms with E-state index in [1.807, 2.05) is 26.0 Å². The molecule has 3 rings (SSSR count). The van der Waals surface area contributed by atoms with Gasteiger partial charge in [-0.1, -0.05) is 11.6 Å². The topological polar surface area (TPSA) is 52.0 Å². The number of fused-ring (bicyclic) bond motifs is 1. The molecule has 0 bridgehead atoms. The summed E-state index contributed by atoms with van der Waals surface area (Å²) in [5.74, 6) is 0.934. The van der Waals surface area contributed by atoms with Crippen LogP contribution in [0.5, 0.6) is 5.75 Å². The molecule has 1 N–H and O–H groups in total. The van der Waals surface area contributed by atoms with Crippen molar-refractivity contribution in [2.75, 3.05) is 7.11 Å². The van der Waals surface area contributed by atoms with Crippen LogP contribution in [0, 0.1) is 6.92 Å². The number of aromatic nitrogens is 3. The third-order valence-corrected chi connectivity index (χ3v) is 4.80.